The minimum absolute atomic E-state index is 0.0633. The van der Waals surface area contributed by atoms with Gasteiger partial charge in [0.2, 0.25) is 6.79 Å². The number of fused-ring (bicyclic) bond motifs is 4. The summed E-state index contributed by atoms with van der Waals surface area (Å²) in [4.78, 5) is 16.1. The number of H-pyrrole nitrogens is 1. The predicted molar refractivity (Wildman–Crippen MR) is 94.1 cm³/mol. The predicted octanol–water partition coefficient (Wildman–Crippen LogP) is 3.18. The van der Waals surface area contributed by atoms with Gasteiger partial charge in [-0.25, -0.2) is 0 Å². The molecule has 2 N–H and O–H groups in total. The maximum atomic E-state index is 12.6. The Balaban J connectivity index is 1.36. The molecule has 1 amide bonds. The maximum Gasteiger partial charge on any atom is 0.251 e. The molecule has 5 nitrogen and oxygen atoms in total. The third-order valence-corrected chi connectivity index (χ3v) is 5.07. The SMILES string of the molecule is O=C(NC1CCc2[nH]c3ccccc3c2C1)c1ccc2c(c1)OCO2. The fourth-order valence-electron chi connectivity index (χ4n) is 3.80. The summed E-state index contributed by atoms with van der Waals surface area (Å²) in [5.74, 6) is 1.26. The zero-order valence-electron chi connectivity index (χ0n) is 13.7. The Morgan fingerprint density at radius 1 is 1.12 bits per heavy atom. The Morgan fingerprint density at radius 3 is 2.96 bits per heavy atom. The highest BCUT2D eigenvalue weighted by Gasteiger charge is 2.24. The van der Waals surface area contributed by atoms with Crippen molar-refractivity contribution in [3.63, 3.8) is 0 Å². The summed E-state index contributed by atoms with van der Waals surface area (Å²) in [5.41, 5.74) is 4.41. The summed E-state index contributed by atoms with van der Waals surface area (Å²) in [6.07, 6.45) is 2.75. The van der Waals surface area contributed by atoms with Crippen LogP contribution in [-0.4, -0.2) is 23.7 Å². The van der Waals surface area contributed by atoms with Gasteiger partial charge in [-0.2, -0.15) is 0 Å². The topological polar surface area (TPSA) is 63.4 Å². The van der Waals surface area contributed by atoms with Gasteiger partial charge in [0.25, 0.3) is 5.91 Å². The molecule has 0 radical (unpaired) electrons. The van der Waals surface area contributed by atoms with Crippen molar-refractivity contribution >= 4 is 16.8 Å². The molecule has 0 fully saturated rings. The van der Waals surface area contributed by atoms with Gasteiger partial charge in [-0.15, -0.1) is 0 Å². The lowest BCUT2D eigenvalue weighted by Gasteiger charge is -2.23. The molecule has 0 saturated heterocycles. The van der Waals surface area contributed by atoms with Crippen molar-refractivity contribution in [2.75, 3.05) is 6.79 Å². The number of para-hydroxylation sites is 1. The van der Waals surface area contributed by atoms with Crippen LogP contribution in [0, 0.1) is 0 Å². The van der Waals surface area contributed by atoms with Gasteiger partial charge < -0.3 is 19.8 Å². The fraction of sp³-hybridized carbons (Fsp3) is 0.250. The summed E-state index contributed by atoms with van der Waals surface area (Å²) in [7, 11) is 0. The highest BCUT2D eigenvalue weighted by molar-refractivity contribution is 5.95. The zero-order chi connectivity index (χ0) is 16.8. The third-order valence-electron chi connectivity index (χ3n) is 5.07. The van der Waals surface area contributed by atoms with Crippen molar-refractivity contribution in [2.24, 2.45) is 0 Å². The molecule has 5 heteroatoms. The van der Waals surface area contributed by atoms with Crippen LogP contribution in [0.5, 0.6) is 11.5 Å². The van der Waals surface area contributed by atoms with Crippen molar-refractivity contribution in [3.05, 3.63) is 59.3 Å². The number of hydrogen-bond acceptors (Lipinski definition) is 3. The molecule has 1 atom stereocenters. The van der Waals surface area contributed by atoms with Crippen molar-refractivity contribution in [1.29, 1.82) is 0 Å². The van der Waals surface area contributed by atoms with Crippen LogP contribution < -0.4 is 14.8 Å². The van der Waals surface area contributed by atoms with Gasteiger partial charge in [0.05, 0.1) is 0 Å². The average Bonchev–Trinajstić information content (AvgIpc) is 3.25. The molecule has 1 aliphatic heterocycles. The Hall–Kier alpha value is -2.95. The minimum Gasteiger partial charge on any atom is -0.454 e. The highest BCUT2D eigenvalue weighted by Crippen LogP contribution is 2.33. The van der Waals surface area contributed by atoms with Crippen molar-refractivity contribution in [3.8, 4) is 11.5 Å². The van der Waals surface area contributed by atoms with Crippen molar-refractivity contribution in [1.82, 2.24) is 10.3 Å². The molecular formula is C20H18N2O3. The lowest BCUT2D eigenvalue weighted by Crippen LogP contribution is -2.38. The first-order chi connectivity index (χ1) is 12.3. The first kappa shape index (κ1) is 14.4. The van der Waals surface area contributed by atoms with Crippen LogP contribution in [0.4, 0.5) is 0 Å². The number of nitrogens with one attached hydrogen (secondary N) is 2. The number of ether oxygens (including phenoxy) is 2. The summed E-state index contributed by atoms with van der Waals surface area (Å²) in [5, 5.41) is 4.44. The number of benzene rings is 2. The second kappa shape index (κ2) is 5.55. The fourth-order valence-corrected chi connectivity index (χ4v) is 3.80. The lowest BCUT2D eigenvalue weighted by molar-refractivity contribution is 0.0933. The summed E-state index contributed by atoms with van der Waals surface area (Å²) < 4.78 is 10.7. The van der Waals surface area contributed by atoms with E-state index in [1.54, 1.807) is 18.2 Å². The third kappa shape index (κ3) is 2.43. The quantitative estimate of drug-likeness (QED) is 0.756. The standard InChI is InChI=1S/C20H18N2O3/c23-20(12-5-8-18-19(9-12)25-11-24-18)21-13-6-7-17-15(10-13)14-3-1-2-4-16(14)22-17/h1-5,8-9,13,22H,6-7,10-11H2,(H,21,23). The molecular weight excluding hydrogens is 316 g/mol. The van der Waals surface area contributed by atoms with Crippen LogP contribution in [-0.2, 0) is 12.8 Å². The highest BCUT2D eigenvalue weighted by atomic mass is 16.7. The number of carbonyl (C=O) groups excluding carboxylic acids is 1. The van der Waals surface area contributed by atoms with E-state index < -0.39 is 0 Å². The summed E-state index contributed by atoms with van der Waals surface area (Å²) >= 11 is 0. The molecule has 2 aromatic carbocycles. The zero-order valence-corrected chi connectivity index (χ0v) is 13.7. The molecule has 2 aliphatic rings. The molecule has 126 valence electrons. The second-order valence-electron chi connectivity index (χ2n) is 6.61. The van der Waals surface area contributed by atoms with E-state index in [1.807, 2.05) is 6.07 Å². The number of carbonyl (C=O) groups is 1. The number of hydrogen-bond donors (Lipinski definition) is 2. The van der Waals surface area contributed by atoms with E-state index in [1.165, 1.54) is 22.2 Å². The molecule has 0 spiro atoms. The molecule has 2 heterocycles. The van der Waals surface area contributed by atoms with Gasteiger partial charge >= 0.3 is 0 Å². The maximum absolute atomic E-state index is 12.6. The van der Waals surface area contributed by atoms with Crippen LogP contribution in [0.15, 0.2) is 42.5 Å². The molecule has 0 saturated carbocycles. The first-order valence-corrected chi connectivity index (χ1v) is 8.57. The van der Waals surface area contributed by atoms with Crippen LogP contribution in [0.3, 0.4) is 0 Å². The van der Waals surface area contributed by atoms with Crippen LogP contribution in [0.2, 0.25) is 0 Å². The monoisotopic (exact) mass is 334 g/mol. The Bertz CT molecular complexity index is 976. The smallest absolute Gasteiger partial charge is 0.251 e. The van der Waals surface area contributed by atoms with Gasteiger partial charge in [-0.1, -0.05) is 18.2 Å². The largest absolute Gasteiger partial charge is 0.454 e. The van der Waals surface area contributed by atoms with Crippen LogP contribution in [0.1, 0.15) is 28.0 Å². The normalized spacial score (nSPS) is 18.2. The van der Waals surface area contributed by atoms with E-state index in [2.05, 4.69) is 28.5 Å². The van der Waals surface area contributed by atoms with Gasteiger partial charge in [0.1, 0.15) is 0 Å². The first-order valence-electron chi connectivity index (χ1n) is 8.57. The van der Waals surface area contributed by atoms with Crippen molar-refractivity contribution < 1.29 is 14.3 Å². The molecule has 5 rings (SSSR count). The Morgan fingerprint density at radius 2 is 2.00 bits per heavy atom. The number of aromatic amines is 1. The summed E-state index contributed by atoms with van der Waals surface area (Å²) in [6, 6.07) is 13.8. The lowest BCUT2D eigenvalue weighted by atomic mass is 9.91. The number of rotatable bonds is 2. The number of aromatic nitrogens is 1. The van der Waals surface area contributed by atoms with Gasteiger partial charge in [-0.05, 0) is 49.1 Å². The summed E-state index contributed by atoms with van der Waals surface area (Å²) in [6.45, 7) is 0.215. The van der Waals surface area contributed by atoms with E-state index in [-0.39, 0.29) is 18.7 Å². The molecule has 1 unspecified atom stereocenters. The van der Waals surface area contributed by atoms with Gasteiger partial charge in [-0.3, -0.25) is 4.79 Å². The van der Waals surface area contributed by atoms with E-state index in [0.717, 1.165) is 19.3 Å². The molecule has 1 aromatic heterocycles. The Kier molecular flexibility index (Phi) is 3.20. The Labute approximate surface area is 144 Å². The van der Waals surface area contributed by atoms with E-state index >= 15 is 0 Å². The number of amides is 1. The molecule has 0 bridgehead atoms. The molecule has 3 aromatic rings. The number of aryl methyl sites for hydroxylation is 1. The molecule has 25 heavy (non-hydrogen) atoms. The van der Waals surface area contributed by atoms with E-state index in [4.69, 9.17) is 9.47 Å². The van der Waals surface area contributed by atoms with Gasteiger partial charge in [0.15, 0.2) is 11.5 Å². The average molecular weight is 334 g/mol. The van der Waals surface area contributed by atoms with Crippen LogP contribution >= 0.6 is 0 Å². The van der Waals surface area contributed by atoms with Gasteiger partial charge in [0, 0.05) is 28.2 Å². The minimum atomic E-state index is -0.0633. The van der Waals surface area contributed by atoms with Crippen molar-refractivity contribution in [2.45, 2.75) is 25.3 Å². The van der Waals surface area contributed by atoms with Crippen LogP contribution in [0.25, 0.3) is 10.9 Å². The molecule has 1 aliphatic carbocycles. The second-order valence-corrected chi connectivity index (χ2v) is 6.61. The van der Waals surface area contributed by atoms with E-state index in [0.29, 0.717) is 17.1 Å². The van der Waals surface area contributed by atoms with E-state index in [9.17, 15) is 4.79 Å².